The minimum Gasteiger partial charge on any atom is -0.326 e. The van der Waals surface area contributed by atoms with Crippen LogP contribution in [0.3, 0.4) is 0 Å². The van der Waals surface area contributed by atoms with Gasteiger partial charge in [-0.25, -0.2) is 0 Å². The van der Waals surface area contributed by atoms with Crippen molar-refractivity contribution in [3.8, 4) is 5.69 Å². The van der Waals surface area contributed by atoms with Crippen LogP contribution in [0.4, 0.5) is 0 Å². The third-order valence-electron chi connectivity index (χ3n) is 2.66. The van der Waals surface area contributed by atoms with E-state index in [1.807, 2.05) is 18.3 Å². The molecule has 0 aliphatic carbocycles. The summed E-state index contributed by atoms with van der Waals surface area (Å²) in [7, 11) is 0. The SMILES string of the molecule is Cc1cc(CN)c(C)n1-c1cccnc1.Cl.Cl. The summed E-state index contributed by atoms with van der Waals surface area (Å²) in [4.78, 5) is 4.13. The predicted molar refractivity (Wildman–Crippen MR) is 75.4 cm³/mol. The topological polar surface area (TPSA) is 43.8 Å². The highest BCUT2D eigenvalue weighted by Gasteiger charge is 2.08. The molecule has 2 N–H and O–H groups in total. The van der Waals surface area contributed by atoms with Crippen molar-refractivity contribution in [3.63, 3.8) is 0 Å². The number of halogens is 2. The molecule has 0 saturated carbocycles. The molecule has 0 amide bonds. The quantitative estimate of drug-likeness (QED) is 0.915. The Bertz CT molecular complexity index is 466. The first-order valence-electron chi connectivity index (χ1n) is 5.02. The van der Waals surface area contributed by atoms with Crippen LogP contribution in [0.5, 0.6) is 0 Å². The van der Waals surface area contributed by atoms with Gasteiger partial charge in [-0.15, -0.1) is 24.8 Å². The Hall–Kier alpha value is -1.03. The van der Waals surface area contributed by atoms with Gasteiger partial charge in [-0.3, -0.25) is 4.98 Å². The van der Waals surface area contributed by atoms with Crippen LogP contribution in [0, 0.1) is 13.8 Å². The molecule has 0 fully saturated rings. The number of rotatable bonds is 2. The molecule has 0 aliphatic rings. The fourth-order valence-electron chi connectivity index (χ4n) is 1.92. The van der Waals surface area contributed by atoms with E-state index in [4.69, 9.17) is 5.73 Å². The van der Waals surface area contributed by atoms with Crippen molar-refractivity contribution in [2.45, 2.75) is 20.4 Å². The molecule has 2 aromatic rings. The summed E-state index contributed by atoms with van der Waals surface area (Å²) in [6.45, 7) is 4.75. The molecule has 2 heterocycles. The normalized spacial score (nSPS) is 9.35. The molecule has 5 heteroatoms. The number of aryl methyl sites for hydroxylation is 1. The van der Waals surface area contributed by atoms with Crippen molar-refractivity contribution in [2.24, 2.45) is 5.73 Å². The van der Waals surface area contributed by atoms with Crippen molar-refractivity contribution < 1.29 is 0 Å². The maximum absolute atomic E-state index is 5.68. The van der Waals surface area contributed by atoms with E-state index >= 15 is 0 Å². The average molecular weight is 274 g/mol. The molecular weight excluding hydrogens is 257 g/mol. The summed E-state index contributed by atoms with van der Waals surface area (Å²) in [6, 6.07) is 6.12. The van der Waals surface area contributed by atoms with E-state index in [9.17, 15) is 0 Å². The van der Waals surface area contributed by atoms with E-state index in [1.165, 1.54) is 17.0 Å². The monoisotopic (exact) mass is 273 g/mol. The van der Waals surface area contributed by atoms with Gasteiger partial charge < -0.3 is 10.3 Å². The summed E-state index contributed by atoms with van der Waals surface area (Å²) >= 11 is 0. The highest BCUT2D eigenvalue weighted by molar-refractivity contribution is 5.85. The second-order valence-corrected chi connectivity index (χ2v) is 3.65. The van der Waals surface area contributed by atoms with Gasteiger partial charge in [0.15, 0.2) is 0 Å². The Morgan fingerprint density at radius 1 is 1.29 bits per heavy atom. The lowest BCUT2D eigenvalue weighted by Gasteiger charge is -2.08. The number of hydrogen-bond acceptors (Lipinski definition) is 2. The molecule has 2 rings (SSSR count). The van der Waals surface area contributed by atoms with Gasteiger partial charge in [0.25, 0.3) is 0 Å². The smallest absolute Gasteiger partial charge is 0.0638 e. The third kappa shape index (κ3) is 3.00. The van der Waals surface area contributed by atoms with Crippen LogP contribution in [0.15, 0.2) is 30.6 Å². The first kappa shape index (κ1) is 16.0. The molecule has 0 unspecified atom stereocenters. The third-order valence-corrected chi connectivity index (χ3v) is 2.66. The lowest BCUT2D eigenvalue weighted by Crippen LogP contribution is -2.02. The summed E-state index contributed by atoms with van der Waals surface area (Å²) in [5, 5.41) is 0. The number of nitrogens with zero attached hydrogens (tertiary/aromatic N) is 2. The van der Waals surface area contributed by atoms with Crippen molar-refractivity contribution >= 4 is 24.8 Å². The maximum Gasteiger partial charge on any atom is 0.0638 e. The molecule has 0 aliphatic heterocycles. The molecule has 0 spiro atoms. The summed E-state index contributed by atoms with van der Waals surface area (Å²) in [5.74, 6) is 0. The predicted octanol–water partition coefficient (Wildman–Crippen LogP) is 2.79. The molecule has 94 valence electrons. The van der Waals surface area contributed by atoms with Crippen molar-refractivity contribution in [2.75, 3.05) is 0 Å². The van der Waals surface area contributed by atoms with Crippen LogP contribution in [0.25, 0.3) is 5.69 Å². The van der Waals surface area contributed by atoms with Gasteiger partial charge in [0.2, 0.25) is 0 Å². The number of pyridine rings is 1. The van der Waals surface area contributed by atoms with Gasteiger partial charge in [0.05, 0.1) is 11.9 Å². The Morgan fingerprint density at radius 2 is 2.00 bits per heavy atom. The van der Waals surface area contributed by atoms with Gasteiger partial charge in [0.1, 0.15) is 0 Å². The zero-order valence-corrected chi connectivity index (χ0v) is 11.5. The first-order chi connectivity index (χ1) is 7.24. The number of aromatic nitrogens is 2. The van der Waals surface area contributed by atoms with Gasteiger partial charge in [-0.1, -0.05) is 0 Å². The molecular formula is C12H17Cl2N3. The summed E-state index contributed by atoms with van der Waals surface area (Å²) in [5.41, 5.74) is 10.4. The molecule has 17 heavy (non-hydrogen) atoms. The van der Waals surface area contributed by atoms with E-state index in [0.29, 0.717) is 6.54 Å². The Balaban J connectivity index is 0.00000128. The second-order valence-electron chi connectivity index (χ2n) is 3.65. The average Bonchev–Trinajstić information content (AvgIpc) is 2.55. The van der Waals surface area contributed by atoms with Gasteiger partial charge in [0, 0.05) is 24.1 Å². The Labute approximate surface area is 114 Å². The zero-order chi connectivity index (χ0) is 10.8. The van der Waals surface area contributed by atoms with Gasteiger partial charge >= 0.3 is 0 Å². The van der Waals surface area contributed by atoms with E-state index in [-0.39, 0.29) is 24.8 Å². The molecule has 0 saturated heterocycles. The maximum atomic E-state index is 5.68. The minimum atomic E-state index is 0. The fourth-order valence-corrected chi connectivity index (χ4v) is 1.92. The van der Waals surface area contributed by atoms with Gasteiger partial charge in [-0.05, 0) is 37.6 Å². The molecule has 3 nitrogen and oxygen atoms in total. The molecule has 2 aromatic heterocycles. The van der Waals surface area contributed by atoms with E-state index in [2.05, 4.69) is 29.5 Å². The molecule has 0 aromatic carbocycles. The van der Waals surface area contributed by atoms with Crippen LogP contribution in [0.1, 0.15) is 17.0 Å². The highest BCUT2D eigenvalue weighted by atomic mass is 35.5. The van der Waals surface area contributed by atoms with Gasteiger partial charge in [-0.2, -0.15) is 0 Å². The number of nitrogens with two attached hydrogens (primary N) is 1. The van der Waals surface area contributed by atoms with Crippen LogP contribution < -0.4 is 5.73 Å². The Kier molecular flexibility index (Phi) is 6.24. The highest BCUT2D eigenvalue weighted by Crippen LogP contribution is 2.19. The second kappa shape index (κ2) is 6.64. The van der Waals surface area contributed by atoms with Crippen LogP contribution in [0.2, 0.25) is 0 Å². The van der Waals surface area contributed by atoms with Crippen molar-refractivity contribution in [1.82, 2.24) is 9.55 Å². The standard InChI is InChI=1S/C12H15N3.2ClH/c1-9-6-11(7-13)10(2)15(9)12-4-3-5-14-8-12;;/h3-6,8H,7,13H2,1-2H3;2*1H. The Morgan fingerprint density at radius 3 is 2.47 bits per heavy atom. The van der Waals surface area contributed by atoms with Crippen LogP contribution in [-0.2, 0) is 6.54 Å². The lowest BCUT2D eigenvalue weighted by atomic mass is 10.2. The van der Waals surface area contributed by atoms with E-state index in [0.717, 1.165) is 5.69 Å². The number of hydrogen-bond donors (Lipinski definition) is 1. The summed E-state index contributed by atoms with van der Waals surface area (Å²) in [6.07, 6.45) is 3.64. The molecule has 0 radical (unpaired) electrons. The summed E-state index contributed by atoms with van der Waals surface area (Å²) < 4.78 is 2.18. The largest absolute Gasteiger partial charge is 0.326 e. The molecule has 0 bridgehead atoms. The van der Waals surface area contributed by atoms with Crippen molar-refractivity contribution in [3.05, 3.63) is 47.5 Å². The lowest BCUT2D eigenvalue weighted by molar-refractivity contribution is 0.935. The minimum absolute atomic E-state index is 0. The molecule has 0 atom stereocenters. The fraction of sp³-hybridized carbons (Fsp3) is 0.250. The van der Waals surface area contributed by atoms with Crippen molar-refractivity contribution in [1.29, 1.82) is 0 Å². The zero-order valence-electron chi connectivity index (χ0n) is 9.88. The van der Waals surface area contributed by atoms with Crippen LogP contribution >= 0.6 is 24.8 Å². The van der Waals surface area contributed by atoms with E-state index in [1.54, 1.807) is 6.20 Å². The first-order valence-corrected chi connectivity index (χ1v) is 5.02. The van der Waals surface area contributed by atoms with E-state index < -0.39 is 0 Å². The van der Waals surface area contributed by atoms with Crippen LogP contribution in [-0.4, -0.2) is 9.55 Å².